The molecule has 2 saturated heterocycles. The lowest BCUT2D eigenvalue weighted by molar-refractivity contribution is -0.661. The number of esters is 2. The van der Waals surface area contributed by atoms with E-state index in [1.165, 1.54) is 16.2 Å². The summed E-state index contributed by atoms with van der Waals surface area (Å²) in [5.74, 6) is 1.79. The Bertz CT molecular complexity index is 3690. The molecule has 21 heteroatoms. The second-order valence-electron chi connectivity index (χ2n) is 25.8. The number of quaternary nitrogens is 1. The summed E-state index contributed by atoms with van der Waals surface area (Å²) >= 11 is 3.10. The summed E-state index contributed by atoms with van der Waals surface area (Å²) in [6.07, 6.45) is 3.32. The van der Waals surface area contributed by atoms with Gasteiger partial charge in [0.1, 0.15) is 68.7 Å². The number of fused-ring (bicyclic) bond motifs is 2. The first kappa shape index (κ1) is 68.9. The molecule has 6 aromatic rings. The highest BCUT2D eigenvalue weighted by Gasteiger charge is 2.63. The molecule has 2 N–H and O–H groups in total. The smallest absolute Gasteiger partial charge is 0.411 e. The number of allylic oxidation sites excluding steroid dienone is 2. The molecule has 0 bridgehead atoms. The van der Waals surface area contributed by atoms with Crippen molar-refractivity contribution in [1.29, 1.82) is 0 Å². The van der Waals surface area contributed by atoms with E-state index in [9.17, 15) is 24.0 Å². The zero-order valence-electron chi connectivity index (χ0n) is 54.5. The lowest BCUT2D eigenvalue weighted by Crippen LogP contribution is -3.00. The van der Waals surface area contributed by atoms with Crippen molar-refractivity contribution in [2.75, 3.05) is 40.5 Å². The molecule has 0 spiro atoms. The summed E-state index contributed by atoms with van der Waals surface area (Å²) in [5, 5.41) is 9.44. The van der Waals surface area contributed by atoms with Crippen LogP contribution in [0.3, 0.4) is 0 Å². The Morgan fingerprint density at radius 3 is 1.54 bits per heavy atom. The van der Waals surface area contributed by atoms with Gasteiger partial charge in [0, 0.05) is 63.6 Å². The number of rotatable bonds is 22. The van der Waals surface area contributed by atoms with Crippen LogP contribution in [-0.4, -0.2) is 125 Å². The second-order valence-corrected chi connectivity index (χ2v) is 27.5. The first-order valence-electron chi connectivity index (χ1n) is 31.0. The number of ether oxygens (including phenoxy) is 7. The number of thiazole rings is 2. The zero-order valence-corrected chi connectivity index (χ0v) is 56.9. The highest BCUT2D eigenvalue weighted by atomic mass is 35.5. The number of aryl methyl sites for hydroxylation is 2. The van der Waals surface area contributed by atoms with Crippen LogP contribution in [-0.2, 0) is 33.4 Å². The molecule has 4 aliphatic rings. The summed E-state index contributed by atoms with van der Waals surface area (Å²) in [6, 6.07) is 10.4. The van der Waals surface area contributed by atoms with Crippen LogP contribution in [0.5, 0.6) is 23.0 Å². The maximum Gasteiger partial charge on any atom is 0.411 e. The van der Waals surface area contributed by atoms with Gasteiger partial charge < -0.3 is 50.9 Å². The van der Waals surface area contributed by atoms with Gasteiger partial charge in [0.15, 0.2) is 23.7 Å². The van der Waals surface area contributed by atoms with Crippen molar-refractivity contribution in [1.82, 2.24) is 24.8 Å². The Hall–Kier alpha value is -7.00. The Morgan fingerprint density at radius 2 is 1.14 bits per heavy atom. The number of likely N-dealkylation sites (tertiary alicyclic amines) is 1. The number of nitrogens with two attached hydrogens (primary N) is 1. The van der Waals surface area contributed by atoms with E-state index in [1.54, 1.807) is 72.3 Å². The Kier molecular flexibility index (Phi) is 21.3. The maximum absolute atomic E-state index is 14.2. The largest absolute Gasteiger partial charge is 1.00 e. The van der Waals surface area contributed by atoms with Crippen LogP contribution in [0.1, 0.15) is 136 Å². The minimum atomic E-state index is -0.970. The highest BCUT2D eigenvalue weighted by molar-refractivity contribution is 7.13. The van der Waals surface area contributed by atoms with E-state index in [-0.39, 0.29) is 91.8 Å². The Balaban J connectivity index is 0.000000232. The van der Waals surface area contributed by atoms with Gasteiger partial charge in [-0.3, -0.25) is 24.1 Å². The van der Waals surface area contributed by atoms with Gasteiger partial charge in [0.2, 0.25) is 0 Å². The molecule has 1 amide bonds. The lowest BCUT2D eigenvalue weighted by atomic mass is 9.88. The van der Waals surface area contributed by atoms with Crippen molar-refractivity contribution < 1.29 is 74.9 Å². The summed E-state index contributed by atoms with van der Waals surface area (Å²) < 4.78 is 41.2. The van der Waals surface area contributed by atoms with E-state index in [4.69, 9.17) is 53.1 Å². The quantitative estimate of drug-likeness (QED) is 0.0380. The molecule has 2 aliphatic carbocycles. The van der Waals surface area contributed by atoms with E-state index >= 15 is 0 Å². The van der Waals surface area contributed by atoms with Crippen molar-refractivity contribution in [2.45, 2.75) is 157 Å². The molecule has 4 fully saturated rings. The number of halogens is 1. The lowest BCUT2D eigenvalue weighted by Gasteiger charge is -2.29. The maximum atomic E-state index is 14.2. The monoisotopic (exact) mass is 1290 g/mol. The SMILES string of the molecule is C=C[C@@H]1C[C@]1(CC(=O)[C@@H]1[C@H](C)[C@@H](Oc2cc(-c3nc(C(C)C)cs3)nc3c(C)c(OC)ccc23)CN1C(=O)OC(C)(C)C)C(=O)OCC.C=C[C@@H]1C[C@]1(CC(=O)[C@H]1[NH2+]C[C@H](Oc2cc(-c3nc(C(C)C)cs3)nc3c(C)c(OC)ccc23)[C@H]1C)C(=O)OCC.[Cl-]. The number of carbonyl (C=O) groups is 5. The standard InChI is InChI=1S/C37H47N3O7S.C32H39N3O5S.ClH/c1-11-23-16-37(23,34(42)45-12-2)17-27(41)32-22(6)30(18-40(32)35(43)47-36(7,8)9)46-29-15-25(33-39-26(19-48-33)20(3)4)38-31-21(5)28(44-10)14-13-24(29)31;1-8-20-13-32(20,31(37)39-9-2)14-24(36)29-19(6)27(15-33-29)40-26-12-22(30-35-23(16-41-30)17(3)4)34-28-18(5)25(38-7)11-10-21(26)28;/h11,13-15,19-20,22-23,30,32H,1,12,16-18H2,2-10H3;8,10-12,16-17,19-20,27,29,33H,1,9,13-15H2,2-7H3;1H/t22-,23-,30+,32+,37-;19-,20-,27+,29+,32-;/m11./s1. The molecule has 2 aromatic carbocycles. The van der Waals surface area contributed by atoms with Gasteiger partial charge in [-0.1, -0.05) is 53.7 Å². The fraction of sp³-hybridized carbons (Fsp3) is 0.522. The number of hydrogen-bond donors (Lipinski definition) is 1. The average molecular weight is 1290 g/mol. The summed E-state index contributed by atoms with van der Waals surface area (Å²) in [5.41, 5.74) is 4.22. The van der Waals surface area contributed by atoms with Crippen LogP contribution in [0.15, 0.2) is 72.5 Å². The molecule has 2 saturated carbocycles. The number of pyridine rings is 2. The summed E-state index contributed by atoms with van der Waals surface area (Å²) in [7, 11) is 3.28. The number of carbonyl (C=O) groups excluding carboxylic acids is 5. The van der Waals surface area contributed by atoms with Crippen LogP contribution >= 0.6 is 22.7 Å². The van der Waals surface area contributed by atoms with E-state index < -0.39 is 46.6 Å². The van der Waals surface area contributed by atoms with E-state index in [0.29, 0.717) is 60.4 Å². The molecule has 0 unspecified atom stereocenters. The topological polar surface area (TPSA) is 221 Å². The van der Waals surface area contributed by atoms with Gasteiger partial charge in [-0.15, -0.1) is 35.8 Å². The van der Waals surface area contributed by atoms with Crippen LogP contribution in [0, 0.1) is 48.3 Å². The van der Waals surface area contributed by atoms with Gasteiger partial charge in [-0.05, 0) is 109 Å². The number of Topliss-reactive ketones (excluding diaryl/α,β-unsaturated/α-hetero) is 2. The Morgan fingerprint density at radius 1 is 0.689 bits per heavy atom. The first-order valence-corrected chi connectivity index (χ1v) is 32.7. The minimum absolute atomic E-state index is 0. The normalized spacial score (nSPS) is 24.2. The highest BCUT2D eigenvalue weighted by Crippen LogP contribution is 2.58. The van der Waals surface area contributed by atoms with Crippen LogP contribution < -0.4 is 36.7 Å². The zero-order chi connectivity index (χ0) is 64.6. The molecule has 10 atom stereocenters. The molecule has 2 aliphatic heterocycles. The van der Waals surface area contributed by atoms with Crippen molar-refractivity contribution in [3.63, 3.8) is 0 Å². The number of methoxy groups -OCH3 is 2. The van der Waals surface area contributed by atoms with Crippen molar-refractivity contribution in [3.8, 4) is 44.4 Å². The van der Waals surface area contributed by atoms with Crippen LogP contribution in [0.4, 0.5) is 4.79 Å². The number of ketones is 2. The fourth-order valence-electron chi connectivity index (χ4n) is 12.6. The molecule has 0 radical (unpaired) electrons. The molecule has 18 nitrogen and oxygen atoms in total. The second kappa shape index (κ2) is 27.8. The number of hydrogen-bond acceptors (Lipinski definition) is 18. The number of benzene rings is 2. The molecule has 90 heavy (non-hydrogen) atoms. The predicted molar refractivity (Wildman–Crippen MR) is 345 cm³/mol. The number of aromatic nitrogens is 4. The van der Waals surface area contributed by atoms with Crippen molar-refractivity contribution >= 4 is 74.1 Å². The van der Waals surface area contributed by atoms with E-state index in [2.05, 4.69) is 58.5 Å². The number of amides is 1. The first-order chi connectivity index (χ1) is 42.3. The van der Waals surface area contributed by atoms with Crippen LogP contribution in [0.25, 0.3) is 43.2 Å². The van der Waals surface area contributed by atoms with E-state index in [1.807, 2.05) is 62.5 Å². The molecular formula is C69H87ClN6O12S2. The van der Waals surface area contributed by atoms with Crippen molar-refractivity contribution in [3.05, 3.63) is 95.0 Å². The van der Waals surface area contributed by atoms with Gasteiger partial charge in [0.25, 0.3) is 0 Å². The summed E-state index contributed by atoms with van der Waals surface area (Å²) in [6.45, 7) is 34.2. The third-order valence-electron chi connectivity index (χ3n) is 18.0. The third kappa shape index (κ3) is 13.9. The fourth-order valence-corrected chi connectivity index (χ4v) is 14.5. The van der Waals surface area contributed by atoms with Gasteiger partial charge in [-0.25, -0.2) is 24.7 Å². The van der Waals surface area contributed by atoms with Gasteiger partial charge in [-0.2, -0.15) is 0 Å². The number of nitrogens with zero attached hydrogens (tertiary/aromatic N) is 5. The minimum Gasteiger partial charge on any atom is -1.00 e. The third-order valence-corrected chi connectivity index (χ3v) is 19.8. The van der Waals surface area contributed by atoms with Crippen molar-refractivity contribution in [2.24, 2.45) is 34.5 Å². The predicted octanol–water partition coefficient (Wildman–Crippen LogP) is 9.36. The molecule has 4 aromatic heterocycles. The average Bonchev–Trinajstić information content (AvgIpc) is 1.55. The molecule has 484 valence electrons. The van der Waals surface area contributed by atoms with E-state index in [0.717, 1.165) is 60.3 Å². The Labute approximate surface area is 542 Å². The summed E-state index contributed by atoms with van der Waals surface area (Å²) in [4.78, 5) is 88.3. The van der Waals surface area contributed by atoms with Gasteiger partial charge in [0.05, 0.1) is 73.1 Å². The molecule has 10 rings (SSSR count). The van der Waals surface area contributed by atoms with Crippen LogP contribution in [0.2, 0.25) is 0 Å². The molecule has 6 heterocycles. The molecular weight excluding hydrogens is 1200 g/mol. The van der Waals surface area contributed by atoms with Gasteiger partial charge >= 0.3 is 18.0 Å².